The molecule has 0 amide bonds. The molecule has 3 rings (SSSR count). The molecule has 1 heterocycles. The summed E-state index contributed by atoms with van der Waals surface area (Å²) in [7, 11) is 0. The molecule has 0 radical (unpaired) electrons. The number of para-hydroxylation sites is 1. The Balaban J connectivity index is 2.22. The Morgan fingerprint density at radius 3 is 2.76 bits per heavy atom. The fourth-order valence-corrected chi connectivity index (χ4v) is 2.96. The summed E-state index contributed by atoms with van der Waals surface area (Å²) < 4.78 is 2.49. The number of anilines is 1. The molecule has 3 aromatic rings. The quantitative estimate of drug-likeness (QED) is 0.705. The van der Waals surface area contributed by atoms with Crippen molar-refractivity contribution in [2.24, 2.45) is 0 Å². The first kappa shape index (κ1) is 14.0. The van der Waals surface area contributed by atoms with Crippen LogP contribution in [-0.4, -0.2) is 20.2 Å². The summed E-state index contributed by atoms with van der Waals surface area (Å²) in [5.41, 5.74) is 9.07. The van der Waals surface area contributed by atoms with Crippen molar-refractivity contribution in [3.05, 3.63) is 51.5 Å². The number of nitrogens with two attached hydrogens (primary N) is 1. The number of nitrogen functional groups attached to an aromatic ring is 1. The molecule has 7 heteroatoms. The first-order valence-corrected chi connectivity index (χ1v) is 7.33. The summed E-state index contributed by atoms with van der Waals surface area (Å²) in [5, 5.41) is 12.5. The Morgan fingerprint density at radius 1 is 1.24 bits per heavy atom. The molecule has 0 aliphatic rings. The molecule has 21 heavy (non-hydrogen) atoms. The van der Waals surface area contributed by atoms with E-state index in [1.165, 1.54) is 0 Å². The molecular weight excluding hydrogens is 354 g/mol. The van der Waals surface area contributed by atoms with E-state index in [9.17, 15) is 0 Å². The number of hydrogen-bond acceptors (Lipinski definition) is 4. The summed E-state index contributed by atoms with van der Waals surface area (Å²) in [6.45, 7) is 1.96. The number of halogens is 2. The highest BCUT2D eigenvalue weighted by molar-refractivity contribution is 9.10. The van der Waals surface area contributed by atoms with Crippen LogP contribution >= 0.6 is 27.5 Å². The SMILES string of the molecule is Cc1cccc(Cl)c1-n1nnnc1-c1cc(N)cc(Br)c1. The van der Waals surface area contributed by atoms with Gasteiger partial charge in [0.1, 0.15) is 0 Å². The lowest BCUT2D eigenvalue weighted by Gasteiger charge is -2.10. The number of tetrazole rings is 1. The average molecular weight is 365 g/mol. The summed E-state index contributed by atoms with van der Waals surface area (Å²) in [6, 6.07) is 11.2. The van der Waals surface area contributed by atoms with Gasteiger partial charge in [0.25, 0.3) is 0 Å². The van der Waals surface area contributed by atoms with E-state index >= 15 is 0 Å². The second-order valence-corrected chi connectivity index (χ2v) is 5.92. The second-order valence-electron chi connectivity index (χ2n) is 4.59. The molecule has 5 nitrogen and oxygen atoms in total. The summed E-state index contributed by atoms with van der Waals surface area (Å²) in [6.07, 6.45) is 0. The van der Waals surface area contributed by atoms with Gasteiger partial charge in [0.15, 0.2) is 5.82 Å². The second kappa shape index (κ2) is 5.46. The van der Waals surface area contributed by atoms with Crippen LogP contribution in [0.1, 0.15) is 5.56 Å². The maximum absolute atomic E-state index is 6.29. The van der Waals surface area contributed by atoms with Crippen LogP contribution in [0, 0.1) is 6.92 Å². The van der Waals surface area contributed by atoms with Crippen LogP contribution in [0.3, 0.4) is 0 Å². The molecule has 2 N–H and O–H groups in total. The van der Waals surface area contributed by atoms with Gasteiger partial charge in [0.05, 0.1) is 10.7 Å². The zero-order valence-corrected chi connectivity index (χ0v) is 13.4. The van der Waals surface area contributed by atoms with Gasteiger partial charge in [-0.3, -0.25) is 0 Å². The molecule has 0 aliphatic carbocycles. The number of hydrogen-bond donors (Lipinski definition) is 1. The first-order valence-electron chi connectivity index (χ1n) is 6.16. The van der Waals surface area contributed by atoms with Crippen LogP contribution in [0.25, 0.3) is 17.1 Å². The largest absolute Gasteiger partial charge is 0.399 e. The van der Waals surface area contributed by atoms with E-state index in [4.69, 9.17) is 17.3 Å². The highest BCUT2D eigenvalue weighted by Gasteiger charge is 2.15. The van der Waals surface area contributed by atoms with Crippen molar-refractivity contribution in [1.82, 2.24) is 20.2 Å². The Kier molecular flexibility index (Phi) is 3.65. The van der Waals surface area contributed by atoms with Gasteiger partial charge in [0, 0.05) is 15.7 Å². The first-order chi connectivity index (χ1) is 10.1. The minimum absolute atomic E-state index is 0.583. The standard InChI is InChI=1S/C14H11BrClN5/c1-8-3-2-4-12(16)13(8)21-14(18-19-20-21)9-5-10(15)7-11(17)6-9/h2-7H,17H2,1H3. The van der Waals surface area contributed by atoms with E-state index in [0.717, 1.165) is 21.3 Å². The number of aryl methyl sites for hydroxylation is 1. The molecule has 0 saturated carbocycles. The molecule has 0 unspecified atom stereocenters. The van der Waals surface area contributed by atoms with Crippen LogP contribution in [0.15, 0.2) is 40.9 Å². The lowest BCUT2D eigenvalue weighted by molar-refractivity contribution is 0.787. The Bertz CT molecular complexity index is 774. The third-order valence-electron chi connectivity index (χ3n) is 3.05. The van der Waals surface area contributed by atoms with E-state index in [2.05, 4.69) is 31.5 Å². The Morgan fingerprint density at radius 2 is 2.05 bits per heavy atom. The van der Waals surface area contributed by atoms with E-state index in [-0.39, 0.29) is 0 Å². The van der Waals surface area contributed by atoms with Crippen LogP contribution < -0.4 is 5.73 Å². The minimum atomic E-state index is 0.583. The van der Waals surface area contributed by atoms with Crippen molar-refractivity contribution < 1.29 is 0 Å². The maximum Gasteiger partial charge on any atom is 0.187 e. The maximum atomic E-state index is 6.29. The highest BCUT2D eigenvalue weighted by atomic mass is 79.9. The van der Waals surface area contributed by atoms with Crippen LogP contribution in [0.2, 0.25) is 5.02 Å². The number of nitrogens with zero attached hydrogens (tertiary/aromatic N) is 4. The highest BCUT2D eigenvalue weighted by Crippen LogP contribution is 2.29. The monoisotopic (exact) mass is 363 g/mol. The lowest BCUT2D eigenvalue weighted by atomic mass is 10.1. The molecule has 0 spiro atoms. The van der Waals surface area contributed by atoms with Gasteiger partial charge in [-0.15, -0.1) is 5.10 Å². The van der Waals surface area contributed by atoms with Gasteiger partial charge in [0.2, 0.25) is 0 Å². The van der Waals surface area contributed by atoms with Crippen molar-refractivity contribution in [3.63, 3.8) is 0 Å². The molecule has 106 valence electrons. The zero-order valence-electron chi connectivity index (χ0n) is 11.1. The predicted octanol–water partition coefficient (Wildman–Crippen LogP) is 3.64. The molecular formula is C14H11BrClN5. The van der Waals surface area contributed by atoms with Gasteiger partial charge >= 0.3 is 0 Å². The van der Waals surface area contributed by atoms with E-state index < -0.39 is 0 Å². The van der Waals surface area contributed by atoms with Crippen molar-refractivity contribution in [1.29, 1.82) is 0 Å². The van der Waals surface area contributed by atoms with Gasteiger partial charge < -0.3 is 5.73 Å². The lowest BCUT2D eigenvalue weighted by Crippen LogP contribution is -2.03. The molecule has 1 aromatic heterocycles. The third kappa shape index (κ3) is 2.64. The number of benzene rings is 2. The predicted molar refractivity (Wildman–Crippen MR) is 86.4 cm³/mol. The molecule has 0 aliphatic heterocycles. The molecule has 0 atom stereocenters. The topological polar surface area (TPSA) is 69.6 Å². The van der Waals surface area contributed by atoms with Crippen molar-refractivity contribution in [2.75, 3.05) is 5.73 Å². The summed E-state index contributed by atoms with van der Waals surface area (Å²) in [4.78, 5) is 0. The Hall–Kier alpha value is -1.92. The normalized spacial score (nSPS) is 10.8. The van der Waals surface area contributed by atoms with Crippen molar-refractivity contribution in [3.8, 4) is 17.1 Å². The van der Waals surface area contributed by atoms with Gasteiger partial charge in [-0.25, -0.2) is 0 Å². The van der Waals surface area contributed by atoms with Crippen molar-refractivity contribution in [2.45, 2.75) is 6.92 Å². The van der Waals surface area contributed by atoms with Crippen LogP contribution in [0.4, 0.5) is 5.69 Å². The molecule has 0 saturated heterocycles. The van der Waals surface area contributed by atoms with Crippen LogP contribution in [-0.2, 0) is 0 Å². The van der Waals surface area contributed by atoms with Gasteiger partial charge in [-0.05, 0) is 47.2 Å². The van der Waals surface area contributed by atoms with E-state index in [1.54, 1.807) is 4.68 Å². The Labute approximate surface area is 134 Å². The summed E-state index contributed by atoms with van der Waals surface area (Å²) >= 11 is 9.72. The molecule has 0 fully saturated rings. The molecule has 0 bridgehead atoms. The van der Waals surface area contributed by atoms with E-state index in [1.807, 2.05) is 43.3 Å². The van der Waals surface area contributed by atoms with Gasteiger partial charge in [-0.2, -0.15) is 4.68 Å². The van der Waals surface area contributed by atoms with E-state index in [0.29, 0.717) is 16.5 Å². The third-order valence-corrected chi connectivity index (χ3v) is 3.81. The smallest absolute Gasteiger partial charge is 0.187 e. The summed E-state index contributed by atoms with van der Waals surface area (Å²) in [5.74, 6) is 0.583. The van der Waals surface area contributed by atoms with Gasteiger partial charge in [-0.1, -0.05) is 39.7 Å². The van der Waals surface area contributed by atoms with Crippen molar-refractivity contribution >= 4 is 33.2 Å². The average Bonchev–Trinajstić information content (AvgIpc) is 2.86. The fourth-order valence-electron chi connectivity index (χ4n) is 2.15. The van der Waals surface area contributed by atoms with Crippen LogP contribution in [0.5, 0.6) is 0 Å². The fraction of sp³-hybridized carbons (Fsp3) is 0.0714. The zero-order chi connectivity index (χ0) is 15.0. The minimum Gasteiger partial charge on any atom is -0.399 e. The number of rotatable bonds is 2. The number of aromatic nitrogens is 4. The molecule has 2 aromatic carbocycles.